The number of halogens is 1. The van der Waals surface area contributed by atoms with Crippen molar-refractivity contribution in [1.29, 1.82) is 0 Å². The van der Waals surface area contributed by atoms with E-state index >= 15 is 0 Å². The van der Waals surface area contributed by atoms with Gasteiger partial charge in [-0.1, -0.05) is 38.1 Å². The number of aromatic nitrogens is 1. The van der Waals surface area contributed by atoms with E-state index in [1.165, 1.54) is 12.1 Å². The number of hydrogen-bond donors (Lipinski definition) is 0. The van der Waals surface area contributed by atoms with Crippen molar-refractivity contribution in [3.8, 4) is 16.9 Å². The number of aryl methyl sites for hydroxylation is 2. The molecule has 1 unspecified atom stereocenters. The average Bonchev–Trinajstić information content (AvgIpc) is 2.86. The predicted octanol–water partition coefficient (Wildman–Crippen LogP) is 7.78. The van der Waals surface area contributed by atoms with Crippen LogP contribution in [0.2, 0.25) is 0 Å². The van der Waals surface area contributed by atoms with E-state index in [4.69, 9.17) is 19.2 Å². The average molecular weight is 577 g/mol. The molecule has 0 saturated carbocycles. The number of ether oxygens (including phenoxy) is 3. The van der Waals surface area contributed by atoms with E-state index in [2.05, 4.69) is 18.7 Å². The van der Waals surface area contributed by atoms with Crippen molar-refractivity contribution in [2.75, 3.05) is 24.6 Å². The molecule has 6 nitrogen and oxygen atoms in total. The van der Waals surface area contributed by atoms with Crippen molar-refractivity contribution >= 4 is 11.7 Å². The minimum Gasteiger partial charge on any atom is -0.493 e. The molecule has 1 atom stereocenters. The van der Waals surface area contributed by atoms with Gasteiger partial charge in [-0.05, 0) is 89.3 Å². The Bertz CT molecular complexity index is 1380. The van der Waals surface area contributed by atoms with Gasteiger partial charge in [0, 0.05) is 42.0 Å². The number of hydrogen-bond acceptors (Lipinski definition) is 6. The van der Waals surface area contributed by atoms with Crippen LogP contribution in [-0.2, 0) is 20.7 Å². The number of pyridine rings is 1. The van der Waals surface area contributed by atoms with Gasteiger partial charge in [0.1, 0.15) is 11.6 Å². The molecule has 2 heterocycles. The predicted molar refractivity (Wildman–Crippen MR) is 166 cm³/mol. The molecule has 226 valence electrons. The summed E-state index contributed by atoms with van der Waals surface area (Å²) in [6.45, 7) is 20.2. The van der Waals surface area contributed by atoms with Gasteiger partial charge in [-0.15, -0.1) is 0 Å². The van der Waals surface area contributed by atoms with E-state index in [1.807, 2.05) is 72.7 Å². The highest BCUT2D eigenvalue weighted by molar-refractivity contribution is 5.89. The van der Waals surface area contributed by atoms with Gasteiger partial charge < -0.3 is 19.1 Å². The summed E-state index contributed by atoms with van der Waals surface area (Å²) in [7, 11) is 0. The molecule has 1 aliphatic rings. The molecule has 0 bridgehead atoms. The molecule has 7 heteroatoms. The SMILES string of the molecule is Cc1nc(C)c(C(OC(C)(C)C)C(=O)OC(C)C)c(N2CC(C)(C)C2)c1-c1ccc(OCCc2ccc(F)cc2)cc1. The zero-order valence-electron chi connectivity index (χ0n) is 26.5. The van der Waals surface area contributed by atoms with Crippen LogP contribution < -0.4 is 9.64 Å². The third-order valence-corrected chi connectivity index (χ3v) is 7.15. The number of carbonyl (C=O) groups excluding carboxylic acids is 1. The molecule has 0 radical (unpaired) electrons. The summed E-state index contributed by atoms with van der Waals surface area (Å²) in [5, 5.41) is 0. The highest BCUT2D eigenvalue weighted by Gasteiger charge is 2.41. The standard InChI is InChI=1S/C35H45FN2O4/c1-22(2)41-33(39)32(42-34(5,6)7)30-24(4)37-23(3)29(31(30)38-20-35(8,9)21-38)26-12-16-28(17-13-26)40-19-18-25-10-14-27(36)15-11-25/h10-17,22,32H,18-21H2,1-9H3. The minimum absolute atomic E-state index is 0.153. The van der Waals surface area contributed by atoms with Gasteiger partial charge in [-0.25, -0.2) is 9.18 Å². The Hall–Kier alpha value is -3.45. The van der Waals surface area contributed by atoms with Crippen LogP contribution in [0.1, 0.15) is 77.1 Å². The monoisotopic (exact) mass is 576 g/mol. The normalized spacial score (nSPS) is 15.4. The van der Waals surface area contributed by atoms with E-state index in [-0.39, 0.29) is 17.3 Å². The largest absolute Gasteiger partial charge is 0.493 e. The Morgan fingerprint density at radius 2 is 1.62 bits per heavy atom. The van der Waals surface area contributed by atoms with Crippen LogP contribution in [0.15, 0.2) is 48.5 Å². The van der Waals surface area contributed by atoms with Crippen LogP contribution in [-0.4, -0.2) is 42.4 Å². The zero-order valence-corrected chi connectivity index (χ0v) is 26.5. The van der Waals surface area contributed by atoms with Crippen LogP contribution in [0.3, 0.4) is 0 Å². The topological polar surface area (TPSA) is 60.9 Å². The van der Waals surface area contributed by atoms with Crippen molar-refractivity contribution in [2.45, 2.75) is 86.5 Å². The van der Waals surface area contributed by atoms with Crippen LogP contribution >= 0.6 is 0 Å². The fourth-order valence-electron chi connectivity index (χ4n) is 5.51. The second-order valence-electron chi connectivity index (χ2n) is 13.3. The quantitative estimate of drug-likeness (QED) is 0.230. The van der Waals surface area contributed by atoms with Crippen molar-refractivity contribution in [3.05, 3.63) is 76.9 Å². The first-order valence-corrected chi connectivity index (χ1v) is 14.8. The molecule has 2 aromatic carbocycles. The van der Waals surface area contributed by atoms with Crippen LogP contribution in [0, 0.1) is 25.1 Å². The zero-order chi connectivity index (χ0) is 30.8. The Balaban J connectivity index is 1.72. The Labute approximate surface area is 250 Å². The molecule has 1 aromatic heterocycles. The smallest absolute Gasteiger partial charge is 0.340 e. The number of rotatable bonds is 10. The maximum absolute atomic E-state index is 13.6. The molecule has 1 saturated heterocycles. The number of benzene rings is 2. The van der Waals surface area contributed by atoms with Gasteiger partial charge in [0.05, 0.1) is 24.0 Å². The molecular formula is C35H45FN2O4. The number of carbonyl (C=O) groups is 1. The Morgan fingerprint density at radius 3 is 2.17 bits per heavy atom. The van der Waals surface area contributed by atoms with Gasteiger partial charge in [0.15, 0.2) is 6.10 Å². The molecule has 1 fully saturated rings. The summed E-state index contributed by atoms with van der Waals surface area (Å²) in [4.78, 5) is 20.8. The molecule has 42 heavy (non-hydrogen) atoms. The van der Waals surface area contributed by atoms with Crippen molar-refractivity contribution in [3.63, 3.8) is 0 Å². The molecule has 0 aliphatic carbocycles. The Morgan fingerprint density at radius 1 is 1.00 bits per heavy atom. The van der Waals surface area contributed by atoms with E-state index < -0.39 is 17.7 Å². The van der Waals surface area contributed by atoms with Gasteiger partial charge in [-0.2, -0.15) is 0 Å². The maximum atomic E-state index is 13.6. The summed E-state index contributed by atoms with van der Waals surface area (Å²) in [6.07, 6.45) is -0.515. The molecule has 0 N–H and O–H groups in total. The summed E-state index contributed by atoms with van der Waals surface area (Å²) < 4.78 is 31.4. The summed E-state index contributed by atoms with van der Waals surface area (Å²) in [5.74, 6) is 0.0963. The first-order valence-electron chi connectivity index (χ1n) is 14.8. The van der Waals surface area contributed by atoms with E-state index in [1.54, 1.807) is 12.1 Å². The lowest BCUT2D eigenvalue weighted by Crippen LogP contribution is -2.54. The second kappa shape index (κ2) is 12.4. The lowest BCUT2D eigenvalue weighted by molar-refractivity contribution is -0.171. The molecule has 4 rings (SSSR count). The van der Waals surface area contributed by atoms with Gasteiger partial charge >= 0.3 is 5.97 Å². The van der Waals surface area contributed by atoms with E-state index in [0.717, 1.165) is 58.2 Å². The summed E-state index contributed by atoms with van der Waals surface area (Å²) >= 11 is 0. The highest BCUT2D eigenvalue weighted by atomic mass is 19.1. The minimum atomic E-state index is -0.924. The highest BCUT2D eigenvalue weighted by Crippen LogP contribution is 2.47. The third-order valence-electron chi connectivity index (χ3n) is 7.15. The molecule has 0 spiro atoms. The first kappa shape index (κ1) is 31.5. The molecule has 0 amide bonds. The molecule has 3 aromatic rings. The fraction of sp³-hybridized carbons (Fsp3) is 0.486. The first-order chi connectivity index (χ1) is 19.6. The molecular weight excluding hydrogens is 531 g/mol. The van der Waals surface area contributed by atoms with Crippen molar-refractivity contribution in [1.82, 2.24) is 4.98 Å². The number of esters is 1. The second-order valence-corrected chi connectivity index (χ2v) is 13.3. The van der Waals surface area contributed by atoms with E-state index in [0.29, 0.717) is 13.0 Å². The number of anilines is 1. The van der Waals surface area contributed by atoms with Crippen molar-refractivity contribution in [2.24, 2.45) is 5.41 Å². The molecule has 1 aliphatic heterocycles. The van der Waals surface area contributed by atoms with Crippen molar-refractivity contribution < 1.29 is 23.4 Å². The van der Waals surface area contributed by atoms with Gasteiger partial charge in [-0.3, -0.25) is 4.98 Å². The maximum Gasteiger partial charge on any atom is 0.340 e. The summed E-state index contributed by atoms with van der Waals surface area (Å²) in [5.41, 5.74) is 5.91. The lowest BCUT2D eigenvalue weighted by atomic mass is 9.82. The van der Waals surface area contributed by atoms with Gasteiger partial charge in [0.25, 0.3) is 0 Å². The van der Waals surface area contributed by atoms with Crippen LogP contribution in [0.25, 0.3) is 11.1 Å². The fourth-order valence-corrected chi connectivity index (χ4v) is 5.51. The van der Waals surface area contributed by atoms with Crippen LogP contribution in [0.5, 0.6) is 5.75 Å². The lowest BCUT2D eigenvalue weighted by Gasteiger charge is -2.49. The Kier molecular flexibility index (Phi) is 9.31. The number of nitrogens with zero attached hydrogens (tertiary/aromatic N) is 2. The third kappa shape index (κ3) is 7.68. The van der Waals surface area contributed by atoms with Crippen LogP contribution in [0.4, 0.5) is 10.1 Å². The summed E-state index contributed by atoms with van der Waals surface area (Å²) in [6, 6.07) is 14.5. The van der Waals surface area contributed by atoms with E-state index in [9.17, 15) is 9.18 Å². The van der Waals surface area contributed by atoms with Gasteiger partial charge in [0.2, 0.25) is 0 Å².